The van der Waals surface area contributed by atoms with Crippen molar-refractivity contribution in [2.45, 2.75) is 18.3 Å². The van der Waals surface area contributed by atoms with Gasteiger partial charge in [0, 0.05) is 5.41 Å². The average Bonchev–Trinajstić information content (AvgIpc) is 3.05. The molecule has 1 aliphatic carbocycles. The van der Waals surface area contributed by atoms with E-state index in [0.717, 1.165) is 11.7 Å². The maximum Gasteiger partial charge on any atom is 0.118 e. The van der Waals surface area contributed by atoms with E-state index in [9.17, 15) is 0 Å². The van der Waals surface area contributed by atoms with Gasteiger partial charge in [0.15, 0.2) is 0 Å². The van der Waals surface area contributed by atoms with Crippen molar-refractivity contribution in [1.29, 1.82) is 0 Å². The first-order chi connectivity index (χ1) is 7.35. The monoisotopic (exact) mass is 203 g/mol. The molecule has 0 radical (unpaired) electrons. The fraction of sp³-hybridized carbons (Fsp3) is 0.538. The number of hydrogen-bond donors (Lipinski definition) is 1. The lowest BCUT2D eigenvalue weighted by Crippen LogP contribution is -2.31. The van der Waals surface area contributed by atoms with Crippen LogP contribution in [0.1, 0.15) is 18.4 Å². The molecule has 0 spiro atoms. The minimum absolute atomic E-state index is 0.511. The summed E-state index contributed by atoms with van der Waals surface area (Å²) in [4.78, 5) is 0. The second-order valence-electron chi connectivity index (χ2n) is 4.74. The van der Waals surface area contributed by atoms with Crippen LogP contribution in [-0.4, -0.2) is 20.2 Å². The first-order valence-corrected chi connectivity index (χ1v) is 5.70. The van der Waals surface area contributed by atoms with E-state index in [1.165, 1.54) is 31.5 Å². The van der Waals surface area contributed by atoms with Crippen LogP contribution >= 0.6 is 0 Å². The minimum atomic E-state index is 0.511. The van der Waals surface area contributed by atoms with Crippen molar-refractivity contribution in [3.8, 4) is 5.75 Å². The van der Waals surface area contributed by atoms with Gasteiger partial charge < -0.3 is 10.1 Å². The van der Waals surface area contributed by atoms with Gasteiger partial charge in [-0.05, 0) is 49.5 Å². The molecule has 1 aromatic rings. The second kappa shape index (κ2) is 3.24. The molecule has 1 unspecified atom stereocenters. The highest BCUT2D eigenvalue weighted by Crippen LogP contribution is 2.57. The molecule has 2 atom stereocenters. The highest BCUT2D eigenvalue weighted by atomic mass is 16.5. The molecule has 1 N–H and O–H groups in total. The number of benzene rings is 1. The maximum absolute atomic E-state index is 5.19. The average molecular weight is 203 g/mol. The third kappa shape index (κ3) is 1.36. The molecule has 1 saturated carbocycles. The summed E-state index contributed by atoms with van der Waals surface area (Å²) in [5, 5.41) is 3.47. The van der Waals surface area contributed by atoms with E-state index in [1.54, 1.807) is 7.11 Å². The summed E-state index contributed by atoms with van der Waals surface area (Å²) in [6, 6.07) is 8.65. The molecule has 80 valence electrons. The molecule has 0 amide bonds. The van der Waals surface area contributed by atoms with Crippen LogP contribution < -0.4 is 10.1 Å². The first kappa shape index (κ1) is 9.22. The van der Waals surface area contributed by atoms with Crippen LogP contribution in [-0.2, 0) is 5.41 Å². The van der Waals surface area contributed by atoms with Crippen LogP contribution in [0, 0.1) is 5.92 Å². The van der Waals surface area contributed by atoms with Crippen molar-refractivity contribution >= 4 is 0 Å². The normalized spacial score (nSPS) is 33.3. The Hall–Kier alpha value is -1.02. The van der Waals surface area contributed by atoms with Crippen LogP contribution in [0.25, 0.3) is 0 Å². The van der Waals surface area contributed by atoms with Crippen molar-refractivity contribution in [3.63, 3.8) is 0 Å². The van der Waals surface area contributed by atoms with Crippen molar-refractivity contribution in [2.75, 3.05) is 20.2 Å². The quantitative estimate of drug-likeness (QED) is 0.793. The lowest BCUT2D eigenvalue weighted by atomic mass is 9.88. The Labute approximate surface area is 90.6 Å². The van der Waals surface area contributed by atoms with Crippen molar-refractivity contribution in [3.05, 3.63) is 29.8 Å². The fourth-order valence-corrected chi connectivity index (χ4v) is 2.96. The topological polar surface area (TPSA) is 21.3 Å². The van der Waals surface area contributed by atoms with Crippen molar-refractivity contribution in [1.82, 2.24) is 5.32 Å². The van der Waals surface area contributed by atoms with Crippen LogP contribution in [0.2, 0.25) is 0 Å². The molecule has 1 saturated heterocycles. The molecule has 0 aromatic heterocycles. The molecule has 2 heteroatoms. The standard InChI is InChI=1S/C13H17NO/c1-15-12-4-2-10(3-5-12)13-6-7-14-9-11(13)8-13/h2-5,11,14H,6-9H2,1H3/t11-,13?/m0/s1. The second-order valence-corrected chi connectivity index (χ2v) is 4.74. The summed E-state index contributed by atoms with van der Waals surface area (Å²) >= 11 is 0. The molecule has 2 fully saturated rings. The predicted molar refractivity (Wildman–Crippen MR) is 60.3 cm³/mol. The lowest BCUT2D eigenvalue weighted by molar-refractivity contribution is 0.413. The summed E-state index contributed by atoms with van der Waals surface area (Å²) in [7, 11) is 1.72. The van der Waals surface area contributed by atoms with Crippen LogP contribution in [0.3, 0.4) is 0 Å². The van der Waals surface area contributed by atoms with Gasteiger partial charge in [-0.15, -0.1) is 0 Å². The van der Waals surface area contributed by atoms with E-state index < -0.39 is 0 Å². The van der Waals surface area contributed by atoms with E-state index in [0.29, 0.717) is 5.41 Å². The van der Waals surface area contributed by atoms with E-state index >= 15 is 0 Å². The van der Waals surface area contributed by atoms with Gasteiger partial charge in [0.25, 0.3) is 0 Å². The number of piperidine rings is 1. The number of hydrogen-bond acceptors (Lipinski definition) is 2. The van der Waals surface area contributed by atoms with E-state index in [-0.39, 0.29) is 0 Å². The predicted octanol–water partition coefficient (Wildman–Crippen LogP) is 1.95. The summed E-state index contributed by atoms with van der Waals surface area (Å²) in [6.07, 6.45) is 2.66. The lowest BCUT2D eigenvalue weighted by Gasteiger charge is -2.23. The molecule has 15 heavy (non-hydrogen) atoms. The molecule has 0 bridgehead atoms. The van der Waals surface area contributed by atoms with Gasteiger partial charge in [0.2, 0.25) is 0 Å². The zero-order valence-corrected chi connectivity index (χ0v) is 9.12. The number of methoxy groups -OCH3 is 1. The Bertz CT molecular complexity index is 359. The molecule has 2 aliphatic rings. The van der Waals surface area contributed by atoms with Gasteiger partial charge in [-0.25, -0.2) is 0 Å². The van der Waals surface area contributed by atoms with Gasteiger partial charge in [0.1, 0.15) is 5.75 Å². The zero-order valence-electron chi connectivity index (χ0n) is 9.12. The Morgan fingerprint density at radius 2 is 2.13 bits per heavy atom. The van der Waals surface area contributed by atoms with Gasteiger partial charge >= 0.3 is 0 Å². The van der Waals surface area contributed by atoms with E-state index in [2.05, 4.69) is 29.6 Å². The minimum Gasteiger partial charge on any atom is -0.497 e. The van der Waals surface area contributed by atoms with Gasteiger partial charge in [0.05, 0.1) is 7.11 Å². The smallest absolute Gasteiger partial charge is 0.118 e. The Morgan fingerprint density at radius 3 is 2.80 bits per heavy atom. The molecule has 1 aromatic carbocycles. The number of ether oxygens (including phenoxy) is 1. The van der Waals surface area contributed by atoms with Crippen molar-refractivity contribution < 1.29 is 4.74 Å². The fourth-order valence-electron chi connectivity index (χ4n) is 2.96. The van der Waals surface area contributed by atoms with Crippen LogP contribution in [0.4, 0.5) is 0 Å². The number of fused-ring (bicyclic) bond motifs is 1. The van der Waals surface area contributed by atoms with Gasteiger partial charge in [-0.3, -0.25) is 0 Å². The first-order valence-electron chi connectivity index (χ1n) is 5.70. The Balaban J connectivity index is 1.87. The molecular formula is C13H17NO. The molecular weight excluding hydrogens is 186 g/mol. The Kier molecular flexibility index (Phi) is 1.99. The Morgan fingerprint density at radius 1 is 1.33 bits per heavy atom. The molecule has 1 aliphatic heterocycles. The summed E-state index contributed by atoms with van der Waals surface area (Å²) < 4.78 is 5.19. The van der Waals surface area contributed by atoms with Gasteiger partial charge in [-0.1, -0.05) is 12.1 Å². The molecule has 1 heterocycles. The van der Waals surface area contributed by atoms with E-state index in [4.69, 9.17) is 4.74 Å². The zero-order chi connectivity index (χ0) is 10.3. The summed E-state index contributed by atoms with van der Waals surface area (Å²) in [5.41, 5.74) is 2.02. The van der Waals surface area contributed by atoms with Crippen LogP contribution in [0.15, 0.2) is 24.3 Å². The van der Waals surface area contributed by atoms with Crippen LogP contribution in [0.5, 0.6) is 5.75 Å². The van der Waals surface area contributed by atoms with E-state index in [1.807, 2.05) is 0 Å². The van der Waals surface area contributed by atoms with Gasteiger partial charge in [-0.2, -0.15) is 0 Å². The highest BCUT2D eigenvalue weighted by Gasteiger charge is 2.55. The molecule has 2 nitrogen and oxygen atoms in total. The SMILES string of the molecule is COc1ccc(C23CCNC[C@@H]2C3)cc1. The largest absolute Gasteiger partial charge is 0.497 e. The summed E-state index contributed by atoms with van der Waals surface area (Å²) in [6.45, 7) is 2.37. The number of nitrogens with one attached hydrogen (secondary N) is 1. The molecule has 3 rings (SSSR count). The number of rotatable bonds is 2. The maximum atomic E-state index is 5.19. The third-order valence-electron chi connectivity index (χ3n) is 4.04. The highest BCUT2D eigenvalue weighted by molar-refractivity contribution is 5.38. The summed E-state index contributed by atoms with van der Waals surface area (Å²) in [5.74, 6) is 1.83. The third-order valence-corrected chi connectivity index (χ3v) is 4.04. The van der Waals surface area contributed by atoms with Crippen molar-refractivity contribution in [2.24, 2.45) is 5.92 Å².